The van der Waals surface area contributed by atoms with Crippen molar-refractivity contribution in [3.63, 3.8) is 0 Å². The van der Waals surface area contributed by atoms with Gasteiger partial charge >= 0.3 is 0 Å². The molecular formula is C11H15FN2O2S2. The normalized spacial score (nSPS) is 20.8. The molecule has 0 unspecified atom stereocenters. The second kappa shape index (κ2) is 4.79. The van der Waals surface area contributed by atoms with Crippen LogP contribution in [0.4, 0.5) is 4.39 Å². The van der Waals surface area contributed by atoms with Gasteiger partial charge in [-0.2, -0.15) is 16.1 Å². The Labute approximate surface area is 111 Å². The maximum atomic E-state index is 13.6. The lowest BCUT2D eigenvalue weighted by molar-refractivity contribution is 0.382. The third-order valence-corrected chi connectivity index (χ3v) is 5.78. The fourth-order valence-electron chi connectivity index (χ4n) is 1.86. The van der Waals surface area contributed by atoms with Crippen LogP contribution in [-0.4, -0.2) is 41.3 Å². The summed E-state index contributed by atoms with van der Waals surface area (Å²) in [6.45, 7) is 4.73. The van der Waals surface area contributed by atoms with E-state index in [0.29, 0.717) is 18.8 Å². The molecule has 0 radical (unpaired) electrons. The third-order valence-electron chi connectivity index (χ3n) is 2.70. The molecule has 1 aromatic rings. The molecular weight excluding hydrogens is 275 g/mol. The number of aromatic nitrogens is 1. The van der Waals surface area contributed by atoms with Gasteiger partial charge in [-0.15, -0.1) is 0 Å². The highest BCUT2D eigenvalue weighted by molar-refractivity contribution is 8.00. The van der Waals surface area contributed by atoms with Crippen molar-refractivity contribution in [1.29, 1.82) is 0 Å². The Kier molecular flexibility index (Phi) is 3.66. The van der Waals surface area contributed by atoms with Crippen LogP contribution in [0.3, 0.4) is 0 Å². The number of hydrogen-bond acceptors (Lipinski definition) is 4. The van der Waals surface area contributed by atoms with Crippen LogP contribution in [-0.2, 0) is 10.0 Å². The highest BCUT2D eigenvalue weighted by Crippen LogP contribution is 2.32. The summed E-state index contributed by atoms with van der Waals surface area (Å²) in [5.74, 6) is -0.0886. The number of sulfonamides is 1. The molecule has 4 nitrogen and oxygen atoms in total. The minimum absolute atomic E-state index is 0.156. The van der Waals surface area contributed by atoms with Crippen LogP contribution < -0.4 is 0 Å². The molecule has 0 spiro atoms. The van der Waals surface area contributed by atoms with Gasteiger partial charge < -0.3 is 0 Å². The lowest BCUT2D eigenvalue weighted by Gasteiger charge is -2.36. The van der Waals surface area contributed by atoms with Gasteiger partial charge in [-0.25, -0.2) is 17.8 Å². The van der Waals surface area contributed by atoms with Gasteiger partial charge in [-0.1, -0.05) is 0 Å². The summed E-state index contributed by atoms with van der Waals surface area (Å²) in [7, 11) is -3.83. The molecule has 1 aliphatic heterocycles. The minimum Gasteiger partial charge on any atom is -0.241 e. The van der Waals surface area contributed by atoms with Gasteiger partial charge in [0.15, 0.2) is 5.82 Å². The van der Waals surface area contributed by atoms with Gasteiger partial charge in [-0.05, 0) is 26.0 Å². The number of halogens is 1. The van der Waals surface area contributed by atoms with Gasteiger partial charge in [-0.3, -0.25) is 0 Å². The van der Waals surface area contributed by atoms with Crippen molar-refractivity contribution in [1.82, 2.24) is 9.29 Å². The van der Waals surface area contributed by atoms with Crippen molar-refractivity contribution in [3.05, 3.63) is 24.1 Å². The standard InChI is InChI=1S/C11H15FN2O2S2/c1-11(2)8-14(6-7-17-11)18(15,16)10-9(12)4-3-5-13-10/h3-5H,6-8H2,1-2H3. The molecule has 1 aromatic heterocycles. The predicted octanol–water partition coefficient (Wildman–Crippen LogP) is 1.74. The SMILES string of the molecule is CC1(C)CN(S(=O)(=O)c2ncccc2F)CCS1. The second-order valence-electron chi connectivity index (χ2n) is 4.74. The highest BCUT2D eigenvalue weighted by atomic mass is 32.2. The molecule has 0 amide bonds. The molecule has 1 aliphatic rings. The lowest BCUT2D eigenvalue weighted by Crippen LogP contribution is -2.46. The molecule has 2 rings (SSSR count). The molecule has 1 fully saturated rings. The summed E-state index contributed by atoms with van der Waals surface area (Å²) in [4.78, 5) is 3.66. The maximum Gasteiger partial charge on any atom is 0.263 e. The van der Waals surface area contributed by atoms with Crippen LogP contribution in [0.15, 0.2) is 23.4 Å². The summed E-state index contributed by atoms with van der Waals surface area (Å²) < 4.78 is 39.3. The summed E-state index contributed by atoms with van der Waals surface area (Å²) in [6, 6.07) is 2.49. The van der Waals surface area contributed by atoms with E-state index in [1.807, 2.05) is 13.8 Å². The molecule has 1 saturated heterocycles. The molecule has 0 atom stereocenters. The first-order valence-electron chi connectivity index (χ1n) is 5.57. The summed E-state index contributed by atoms with van der Waals surface area (Å²) in [5, 5.41) is -0.479. The zero-order chi connectivity index (χ0) is 13.4. The van der Waals surface area contributed by atoms with E-state index in [-0.39, 0.29) is 4.75 Å². The number of pyridine rings is 1. The van der Waals surface area contributed by atoms with E-state index in [1.54, 1.807) is 11.8 Å². The predicted molar refractivity (Wildman–Crippen MR) is 69.5 cm³/mol. The number of thioether (sulfide) groups is 1. The van der Waals surface area contributed by atoms with Gasteiger partial charge in [0, 0.05) is 29.8 Å². The Hall–Kier alpha value is -0.660. The van der Waals surface area contributed by atoms with E-state index in [4.69, 9.17) is 0 Å². The maximum absolute atomic E-state index is 13.6. The first-order valence-corrected chi connectivity index (χ1v) is 8.00. The number of rotatable bonds is 2. The Bertz CT molecular complexity index is 546. The quantitative estimate of drug-likeness (QED) is 0.832. The Balaban J connectivity index is 2.35. The number of nitrogens with zero attached hydrogens (tertiary/aromatic N) is 2. The van der Waals surface area contributed by atoms with Crippen molar-refractivity contribution in [3.8, 4) is 0 Å². The largest absolute Gasteiger partial charge is 0.263 e. The van der Waals surface area contributed by atoms with Crippen molar-refractivity contribution in [2.24, 2.45) is 0 Å². The molecule has 100 valence electrons. The van der Waals surface area contributed by atoms with Crippen LogP contribution >= 0.6 is 11.8 Å². The van der Waals surface area contributed by atoms with E-state index in [1.165, 1.54) is 16.6 Å². The Morgan fingerprint density at radius 3 is 2.83 bits per heavy atom. The van der Waals surface area contributed by atoms with E-state index in [0.717, 1.165) is 6.07 Å². The van der Waals surface area contributed by atoms with E-state index in [2.05, 4.69) is 4.98 Å². The monoisotopic (exact) mass is 290 g/mol. The van der Waals surface area contributed by atoms with Crippen molar-refractivity contribution >= 4 is 21.8 Å². The van der Waals surface area contributed by atoms with Crippen molar-refractivity contribution in [2.75, 3.05) is 18.8 Å². The second-order valence-corrected chi connectivity index (χ2v) is 8.39. The molecule has 0 saturated carbocycles. The van der Waals surface area contributed by atoms with Crippen LogP contribution in [0, 0.1) is 5.82 Å². The molecule has 0 bridgehead atoms. The third kappa shape index (κ3) is 2.67. The first kappa shape index (κ1) is 13.8. The fraction of sp³-hybridized carbons (Fsp3) is 0.545. The van der Waals surface area contributed by atoms with Crippen LogP contribution in [0.5, 0.6) is 0 Å². The number of hydrogen-bond donors (Lipinski definition) is 0. The smallest absolute Gasteiger partial charge is 0.241 e. The average molecular weight is 290 g/mol. The van der Waals surface area contributed by atoms with Crippen LogP contribution in [0.2, 0.25) is 0 Å². The van der Waals surface area contributed by atoms with E-state index >= 15 is 0 Å². The molecule has 7 heteroatoms. The zero-order valence-corrected chi connectivity index (χ0v) is 11.9. The minimum atomic E-state index is -3.83. The van der Waals surface area contributed by atoms with Gasteiger partial charge in [0.2, 0.25) is 5.03 Å². The van der Waals surface area contributed by atoms with E-state index < -0.39 is 20.9 Å². The topological polar surface area (TPSA) is 50.3 Å². The fourth-order valence-corrected chi connectivity index (χ4v) is 4.75. The molecule has 0 aromatic carbocycles. The van der Waals surface area contributed by atoms with Gasteiger partial charge in [0.1, 0.15) is 0 Å². The van der Waals surface area contributed by atoms with Crippen molar-refractivity contribution < 1.29 is 12.8 Å². The lowest BCUT2D eigenvalue weighted by atomic mass is 10.2. The summed E-state index contributed by atoms with van der Waals surface area (Å²) in [5.41, 5.74) is 0. The molecule has 2 heterocycles. The van der Waals surface area contributed by atoms with Crippen LogP contribution in [0.25, 0.3) is 0 Å². The average Bonchev–Trinajstić information content (AvgIpc) is 2.28. The van der Waals surface area contributed by atoms with Crippen molar-refractivity contribution in [2.45, 2.75) is 23.6 Å². The summed E-state index contributed by atoms with van der Waals surface area (Å²) >= 11 is 1.72. The molecule has 18 heavy (non-hydrogen) atoms. The van der Waals surface area contributed by atoms with Crippen LogP contribution in [0.1, 0.15) is 13.8 Å². The van der Waals surface area contributed by atoms with Gasteiger partial charge in [0.05, 0.1) is 0 Å². The molecule has 0 aliphatic carbocycles. The van der Waals surface area contributed by atoms with Gasteiger partial charge in [0.25, 0.3) is 10.0 Å². The molecule has 0 N–H and O–H groups in total. The van der Waals surface area contributed by atoms with E-state index in [9.17, 15) is 12.8 Å². The zero-order valence-electron chi connectivity index (χ0n) is 10.3. The first-order chi connectivity index (χ1) is 8.33. The highest BCUT2D eigenvalue weighted by Gasteiger charge is 2.36. The summed E-state index contributed by atoms with van der Waals surface area (Å²) in [6.07, 6.45) is 1.29. The Morgan fingerprint density at radius 1 is 1.50 bits per heavy atom. The Morgan fingerprint density at radius 2 is 2.22 bits per heavy atom.